The molecule has 176 valence electrons. The van der Waals surface area contributed by atoms with Crippen molar-refractivity contribution >= 4 is 57.5 Å². The maximum atomic E-state index is 12.0. The van der Waals surface area contributed by atoms with E-state index in [0.717, 1.165) is 14.3 Å². The van der Waals surface area contributed by atoms with E-state index < -0.39 is 33.5 Å². The van der Waals surface area contributed by atoms with Crippen molar-refractivity contribution in [3.05, 3.63) is 111 Å². The van der Waals surface area contributed by atoms with Gasteiger partial charge in [-0.1, -0.05) is 0 Å². The Morgan fingerprint density at radius 1 is 0.457 bits per heavy atom. The lowest BCUT2D eigenvalue weighted by atomic mass is 10.3. The number of hydrogen-bond acceptors (Lipinski definition) is 6. The normalized spacial score (nSPS) is 10.3. The Morgan fingerprint density at radius 2 is 0.714 bits per heavy atom. The molecule has 0 N–H and O–H groups in total. The number of halogens is 3. The number of hydrogen-bond donors (Lipinski definition) is 0. The van der Waals surface area contributed by atoms with Gasteiger partial charge in [-0.2, -0.15) is 0 Å². The topological polar surface area (TPSA) is 71.1 Å². The highest BCUT2D eigenvalue weighted by atomic mass is 127. The van der Waals surface area contributed by atoms with Crippen LogP contribution in [-0.2, 0) is 0 Å². The lowest BCUT2D eigenvalue weighted by molar-refractivity contribution is -0.597. The standard InChI is InChI=1S/C26H16I3O6/c27-17-1-9-21(10-2-17)32-25(30)34-23-13-5-19(6-14-23)29-20-7-15-24(16-8-20)35-26(31)33-22-11-3-18(28)4-12-22/h1-16H/q+1. The fourth-order valence-corrected chi connectivity index (χ4v) is 5.57. The Balaban J connectivity index is 1.26. The van der Waals surface area contributed by atoms with E-state index in [1.54, 1.807) is 48.5 Å². The van der Waals surface area contributed by atoms with Gasteiger partial charge in [-0.05, 0) is 142 Å². The molecule has 35 heavy (non-hydrogen) atoms. The third kappa shape index (κ3) is 8.35. The number of ether oxygens (including phenoxy) is 4. The first kappa shape index (κ1) is 25.7. The van der Waals surface area contributed by atoms with Crippen LogP contribution >= 0.6 is 45.2 Å². The molecule has 6 nitrogen and oxygen atoms in total. The third-order valence-corrected chi connectivity index (χ3v) is 8.40. The molecule has 0 aliphatic rings. The highest BCUT2D eigenvalue weighted by molar-refractivity contribution is 14.1. The van der Waals surface area contributed by atoms with E-state index in [1.165, 1.54) is 0 Å². The van der Waals surface area contributed by atoms with Crippen molar-refractivity contribution < 1.29 is 49.7 Å². The number of benzene rings is 4. The first-order chi connectivity index (χ1) is 16.9. The van der Waals surface area contributed by atoms with Gasteiger partial charge in [-0.25, -0.2) is 9.59 Å². The van der Waals surface area contributed by atoms with E-state index in [4.69, 9.17) is 18.9 Å². The Hall–Kier alpha value is -2.39. The fraction of sp³-hybridized carbons (Fsp3) is 0. The quantitative estimate of drug-likeness (QED) is 0.166. The maximum Gasteiger partial charge on any atom is 0.519 e. The second-order valence-corrected chi connectivity index (χ2v) is 12.3. The minimum atomic E-state index is -0.787. The van der Waals surface area contributed by atoms with Crippen molar-refractivity contribution in [2.75, 3.05) is 0 Å². The summed E-state index contributed by atoms with van der Waals surface area (Å²) in [4.78, 5) is 24.0. The van der Waals surface area contributed by atoms with Crippen LogP contribution in [0.15, 0.2) is 97.1 Å². The Kier molecular flexibility index (Phi) is 9.20. The van der Waals surface area contributed by atoms with Crippen LogP contribution in [0.25, 0.3) is 0 Å². The summed E-state index contributed by atoms with van der Waals surface area (Å²) in [6, 6.07) is 28.8. The van der Waals surface area contributed by atoms with Crippen molar-refractivity contribution in [2.45, 2.75) is 0 Å². The molecule has 0 bridgehead atoms. The minimum Gasteiger partial charge on any atom is -0.395 e. The van der Waals surface area contributed by atoms with E-state index in [2.05, 4.69) is 45.2 Å². The van der Waals surface area contributed by atoms with Crippen LogP contribution in [0.5, 0.6) is 23.0 Å². The van der Waals surface area contributed by atoms with Crippen molar-refractivity contribution in [3.63, 3.8) is 0 Å². The molecule has 0 amide bonds. The summed E-state index contributed by atoms with van der Waals surface area (Å²) >= 11 is 3.88. The maximum absolute atomic E-state index is 12.0. The van der Waals surface area contributed by atoms with Crippen LogP contribution in [0.4, 0.5) is 9.59 Å². The van der Waals surface area contributed by atoms with E-state index in [1.807, 2.05) is 48.5 Å². The largest absolute Gasteiger partial charge is 0.519 e. The van der Waals surface area contributed by atoms with Crippen molar-refractivity contribution in [2.24, 2.45) is 0 Å². The second kappa shape index (κ2) is 12.5. The predicted molar refractivity (Wildman–Crippen MR) is 142 cm³/mol. The highest BCUT2D eigenvalue weighted by Gasteiger charge is 2.17. The molecule has 0 aliphatic heterocycles. The van der Waals surface area contributed by atoms with Crippen LogP contribution in [0, 0.1) is 14.3 Å². The van der Waals surface area contributed by atoms with E-state index in [-0.39, 0.29) is 0 Å². The van der Waals surface area contributed by atoms with Gasteiger partial charge >= 0.3 is 33.5 Å². The molecule has 4 aromatic carbocycles. The van der Waals surface area contributed by atoms with Gasteiger partial charge in [0.25, 0.3) is 0 Å². The van der Waals surface area contributed by atoms with E-state index in [0.29, 0.717) is 23.0 Å². The summed E-state index contributed by atoms with van der Waals surface area (Å²) in [5.41, 5.74) is 0. The summed E-state index contributed by atoms with van der Waals surface area (Å²) < 4.78 is 25.2. The molecule has 0 saturated heterocycles. The lowest BCUT2D eigenvalue weighted by Crippen LogP contribution is -3.61. The Bertz CT molecular complexity index is 1190. The molecule has 0 heterocycles. The van der Waals surface area contributed by atoms with Gasteiger partial charge in [0.2, 0.25) is 0 Å². The van der Waals surface area contributed by atoms with Crippen LogP contribution in [0.2, 0.25) is 0 Å². The molecule has 0 aromatic heterocycles. The van der Waals surface area contributed by atoms with Gasteiger partial charge in [0.1, 0.15) is 23.0 Å². The van der Waals surface area contributed by atoms with Gasteiger partial charge in [0.15, 0.2) is 7.14 Å². The van der Waals surface area contributed by atoms with Crippen LogP contribution in [0.3, 0.4) is 0 Å². The molecule has 4 aromatic rings. The van der Waals surface area contributed by atoms with Crippen molar-refractivity contribution in [1.82, 2.24) is 0 Å². The minimum absolute atomic E-state index is 0.406. The summed E-state index contributed by atoms with van der Waals surface area (Å²) in [6.45, 7) is 0. The monoisotopic (exact) mass is 805 g/mol. The van der Waals surface area contributed by atoms with Crippen molar-refractivity contribution in [1.29, 1.82) is 0 Å². The summed E-state index contributed by atoms with van der Waals surface area (Å²) in [7, 11) is 0. The Labute approximate surface area is 239 Å². The van der Waals surface area contributed by atoms with Crippen LogP contribution < -0.4 is 40.2 Å². The van der Waals surface area contributed by atoms with Crippen molar-refractivity contribution in [3.8, 4) is 23.0 Å². The molecule has 0 atom stereocenters. The average molecular weight is 805 g/mol. The Morgan fingerprint density at radius 3 is 1.00 bits per heavy atom. The van der Waals surface area contributed by atoms with Gasteiger partial charge in [-0.15, -0.1) is 0 Å². The molecule has 0 aliphatic carbocycles. The first-order valence-electron chi connectivity index (χ1n) is 10.1. The number of carbonyl (C=O) groups is 2. The summed E-state index contributed by atoms with van der Waals surface area (Å²) in [5.74, 6) is 1.66. The van der Waals surface area contributed by atoms with E-state index in [9.17, 15) is 9.59 Å². The van der Waals surface area contributed by atoms with Gasteiger partial charge in [0, 0.05) is 7.14 Å². The summed E-state index contributed by atoms with van der Waals surface area (Å²) in [5, 5.41) is 0. The van der Waals surface area contributed by atoms with Gasteiger partial charge in [0.05, 0.1) is 0 Å². The molecular weight excluding hydrogens is 789 g/mol. The number of rotatable bonds is 6. The molecule has 9 heteroatoms. The van der Waals surface area contributed by atoms with Crippen LogP contribution in [0.1, 0.15) is 0 Å². The third-order valence-electron chi connectivity index (χ3n) is 4.28. The SMILES string of the molecule is O=C(Oc1ccc(I)cc1)Oc1ccc([I+]c2ccc(OC(=O)Oc3ccc(I)cc3)cc2)cc1. The lowest BCUT2D eigenvalue weighted by Gasteiger charge is -2.05. The molecular formula is C26H16I3O6+. The first-order valence-corrected chi connectivity index (χ1v) is 14.4. The van der Waals surface area contributed by atoms with Gasteiger partial charge in [-0.3, -0.25) is 0 Å². The second-order valence-electron chi connectivity index (χ2n) is 6.82. The summed E-state index contributed by atoms with van der Waals surface area (Å²) in [6.07, 6.45) is -1.57. The molecule has 0 fully saturated rings. The molecule has 0 radical (unpaired) electrons. The zero-order valence-corrected chi connectivity index (χ0v) is 24.3. The average Bonchev–Trinajstić information content (AvgIpc) is 2.84. The van der Waals surface area contributed by atoms with Gasteiger partial charge < -0.3 is 18.9 Å². The highest BCUT2D eigenvalue weighted by Crippen LogP contribution is 2.17. The molecule has 0 unspecified atom stereocenters. The molecule has 0 spiro atoms. The molecule has 0 saturated carbocycles. The van der Waals surface area contributed by atoms with Crippen LogP contribution in [-0.4, -0.2) is 12.3 Å². The predicted octanol–water partition coefficient (Wildman–Crippen LogP) is 4.18. The fourth-order valence-electron chi connectivity index (χ4n) is 2.69. The zero-order valence-electron chi connectivity index (χ0n) is 17.8. The van der Waals surface area contributed by atoms with E-state index >= 15 is 0 Å². The number of carbonyl (C=O) groups excluding carboxylic acids is 2. The molecule has 4 rings (SSSR count). The smallest absolute Gasteiger partial charge is 0.395 e. The zero-order chi connectivity index (χ0) is 24.6.